The lowest BCUT2D eigenvalue weighted by Gasteiger charge is -2.15. The van der Waals surface area contributed by atoms with Gasteiger partial charge in [-0.2, -0.15) is 0 Å². The zero-order valence-corrected chi connectivity index (χ0v) is 15.7. The molecule has 0 aliphatic carbocycles. The zero-order chi connectivity index (χ0) is 17.5. The number of amides is 1. The summed E-state index contributed by atoms with van der Waals surface area (Å²) in [6.45, 7) is -0.101. The standard InChI is InChI=1S/C17H18INO5/c1-21-14-8-11(9-15(22-2)17(14)23-3)19-16(20)10-24-13-7-5-4-6-12(13)18/h4-9H,10H2,1-3H3,(H,19,20). The van der Waals surface area contributed by atoms with E-state index in [9.17, 15) is 4.79 Å². The van der Waals surface area contributed by atoms with Crippen LogP contribution in [0.1, 0.15) is 0 Å². The predicted molar refractivity (Wildman–Crippen MR) is 99.4 cm³/mol. The molecule has 0 spiro atoms. The van der Waals surface area contributed by atoms with E-state index in [1.165, 1.54) is 21.3 Å². The van der Waals surface area contributed by atoms with Gasteiger partial charge >= 0.3 is 0 Å². The van der Waals surface area contributed by atoms with Crippen molar-refractivity contribution in [2.75, 3.05) is 33.3 Å². The molecule has 0 unspecified atom stereocenters. The number of carbonyl (C=O) groups excluding carboxylic acids is 1. The SMILES string of the molecule is COc1cc(NC(=O)COc2ccccc2I)cc(OC)c1OC. The molecule has 128 valence electrons. The predicted octanol–water partition coefficient (Wildman–Crippen LogP) is 3.33. The molecule has 0 radical (unpaired) electrons. The topological polar surface area (TPSA) is 66.0 Å². The smallest absolute Gasteiger partial charge is 0.262 e. The first-order valence-electron chi connectivity index (χ1n) is 7.06. The van der Waals surface area contributed by atoms with E-state index >= 15 is 0 Å². The van der Waals surface area contributed by atoms with E-state index in [1.807, 2.05) is 24.3 Å². The van der Waals surface area contributed by atoms with Gasteiger partial charge in [-0.05, 0) is 34.7 Å². The molecule has 0 aliphatic rings. The maximum Gasteiger partial charge on any atom is 0.262 e. The number of methoxy groups -OCH3 is 3. The summed E-state index contributed by atoms with van der Waals surface area (Å²) in [6.07, 6.45) is 0. The first kappa shape index (κ1) is 18.2. The summed E-state index contributed by atoms with van der Waals surface area (Å²) in [7, 11) is 4.56. The molecule has 1 amide bonds. The van der Waals surface area contributed by atoms with E-state index in [-0.39, 0.29) is 12.5 Å². The summed E-state index contributed by atoms with van der Waals surface area (Å²) in [5.74, 6) is 1.77. The number of hydrogen-bond acceptors (Lipinski definition) is 5. The van der Waals surface area contributed by atoms with Gasteiger partial charge in [0.25, 0.3) is 5.91 Å². The lowest BCUT2D eigenvalue weighted by atomic mass is 10.2. The van der Waals surface area contributed by atoms with E-state index in [0.29, 0.717) is 28.7 Å². The van der Waals surface area contributed by atoms with Crippen LogP contribution >= 0.6 is 22.6 Å². The van der Waals surface area contributed by atoms with Gasteiger partial charge in [0.2, 0.25) is 5.75 Å². The van der Waals surface area contributed by atoms with Crippen LogP contribution in [0.2, 0.25) is 0 Å². The molecule has 0 aliphatic heterocycles. The monoisotopic (exact) mass is 443 g/mol. The van der Waals surface area contributed by atoms with Gasteiger partial charge in [-0.1, -0.05) is 12.1 Å². The molecule has 0 fully saturated rings. The first-order chi connectivity index (χ1) is 11.6. The molecule has 7 heteroatoms. The third kappa shape index (κ3) is 4.44. The van der Waals surface area contributed by atoms with Crippen molar-refractivity contribution >= 4 is 34.2 Å². The van der Waals surface area contributed by atoms with Crippen molar-refractivity contribution in [1.82, 2.24) is 0 Å². The van der Waals surface area contributed by atoms with Crippen molar-refractivity contribution < 1.29 is 23.7 Å². The van der Waals surface area contributed by atoms with Gasteiger partial charge in [-0.25, -0.2) is 0 Å². The number of ether oxygens (including phenoxy) is 4. The minimum atomic E-state index is -0.288. The highest BCUT2D eigenvalue weighted by Crippen LogP contribution is 2.39. The number of anilines is 1. The fourth-order valence-corrected chi connectivity index (χ4v) is 2.60. The molecule has 0 aromatic heterocycles. The molecule has 6 nitrogen and oxygen atoms in total. The van der Waals surface area contributed by atoms with Crippen molar-refractivity contribution in [2.24, 2.45) is 0 Å². The quantitative estimate of drug-likeness (QED) is 0.666. The van der Waals surface area contributed by atoms with Gasteiger partial charge in [0.05, 0.1) is 24.9 Å². The van der Waals surface area contributed by atoms with Gasteiger partial charge < -0.3 is 24.3 Å². The second kappa shape index (κ2) is 8.62. The molecule has 24 heavy (non-hydrogen) atoms. The molecular formula is C17H18INO5. The summed E-state index contributed by atoms with van der Waals surface area (Å²) >= 11 is 2.15. The van der Waals surface area contributed by atoms with Crippen molar-refractivity contribution in [3.05, 3.63) is 40.0 Å². The van der Waals surface area contributed by atoms with Crippen molar-refractivity contribution in [2.45, 2.75) is 0 Å². The number of carbonyl (C=O) groups is 1. The Bertz CT molecular complexity index is 695. The van der Waals surface area contributed by atoms with Crippen LogP contribution in [0.25, 0.3) is 0 Å². The fourth-order valence-electron chi connectivity index (χ4n) is 2.06. The summed E-state index contributed by atoms with van der Waals surface area (Å²) in [6, 6.07) is 10.8. The Labute approximate surface area is 154 Å². The van der Waals surface area contributed by atoms with E-state index in [0.717, 1.165) is 3.57 Å². The molecule has 0 bridgehead atoms. The Morgan fingerprint density at radius 1 is 1.00 bits per heavy atom. The van der Waals surface area contributed by atoms with E-state index in [2.05, 4.69) is 27.9 Å². The normalized spacial score (nSPS) is 10.0. The maximum absolute atomic E-state index is 12.1. The summed E-state index contributed by atoms with van der Waals surface area (Å²) in [4.78, 5) is 12.1. The molecular weight excluding hydrogens is 425 g/mol. The maximum atomic E-state index is 12.1. The van der Waals surface area contributed by atoms with Gasteiger partial charge in [-0.3, -0.25) is 4.79 Å². The highest BCUT2D eigenvalue weighted by molar-refractivity contribution is 14.1. The van der Waals surface area contributed by atoms with Gasteiger partial charge in [-0.15, -0.1) is 0 Å². The van der Waals surface area contributed by atoms with Crippen LogP contribution in [0.5, 0.6) is 23.0 Å². The summed E-state index contributed by atoms with van der Waals surface area (Å²) < 4.78 is 22.2. The molecule has 1 N–H and O–H groups in total. The van der Waals surface area contributed by atoms with Gasteiger partial charge in [0.1, 0.15) is 5.75 Å². The van der Waals surface area contributed by atoms with Crippen LogP contribution < -0.4 is 24.3 Å². The van der Waals surface area contributed by atoms with Crippen LogP contribution in [-0.2, 0) is 4.79 Å². The van der Waals surface area contributed by atoms with E-state index in [1.54, 1.807) is 12.1 Å². The molecule has 2 aromatic carbocycles. The third-order valence-electron chi connectivity index (χ3n) is 3.14. The average molecular weight is 443 g/mol. The summed E-state index contributed by atoms with van der Waals surface area (Å²) in [5, 5.41) is 2.75. The minimum absolute atomic E-state index is 0.101. The Kier molecular flexibility index (Phi) is 6.53. The highest BCUT2D eigenvalue weighted by atomic mass is 127. The van der Waals surface area contributed by atoms with Crippen LogP contribution in [0, 0.1) is 3.57 Å². The van der Waals surface area contributed by atoms with Gasteiger partial charge in [0, 0.05) is 17.8 Å². The largest absolute Gasteiger partial charge is 0.493 e. The Morgan fingerprint density at radius 2 is 1.62 bits per heavy atom. The van der Waals surface area contributed by atoms with Crippen molar-refractivity contribution in [1.29, 1.82) is 0 Å². The average Bonchev–Trinajstić information content (AvgIpc) is 2.60. The highest BCUT2D eigenvalue weighted by Gasteiger charge is 2.14. The van der Waals surface area contributed by atoms with Crippen LogP contribution in [0.15, 0.2) is 36.4 Å². The van der Waals surface area contributed by atoms with Crippen LogP contribution in [-0.4, -0.2) is 33.8 Å². The zero-order valence-electron chi connectivity index (χ0n) is 13.6. The number of nitrogens with one attached hydrogen (secondary N) is 1. The van der Waals surface area contributed by atoms with Crippen molar-refractivity contribution in [3.63, 3.8) is 0 Å². The number of halogens is 1. The van der Waals surface area contributed by atoms with Crippen LogP contribution in [0.3, 0.4) is 0 Å². The van der Waals surface area contributed by atoms with Gasteiger partial charge in [0.15, 0.2) is 18.1 Å². The Morgan fingerprint density at radius 3 is 2.17 bits per heavy atom. The number of hydrogen-bond donors (Lipinski definition) is 1. The molecule has 0 heterocycles. The number of benzene rings is 2. The lowest BCUT2D eigenvalue weighted by Crippen LogP contribution is -2.20. The van der Waals surface area contributed by atoms with Crippen LogP contribution in [0.4, 0.5) is 5.69 Å². The van der Waals surface area contributed by atoms with E-state index < -0.39 is 0 Å². The molecule has 0 atom stereocenters. The van der Waals surface area contributed by atoms with E-state index in [4.69, 9.17) is 18.9 Å². The number of rotatable bonds is 7. The minimum Gasteiger partial charge on any atom is -0.493 e. The summed E-state index contributed by atoms with van der Waals surface area (Å²) in [5.41, 5.74) is 0.529. The molecule has 2 rings (SSSR count). The first-order valence-corrected chi connectivity index (χ1v) is 8.14. The Balaban J connectivity index is 2.07. The third-order valence-corrected chi connectivity index (χ3v) is 4.04. The number of para-hydroxylation sites is 1. The van der Waals surface area contributed by atoms with Crippen molar-refractivity contribution in [3.8, 4) is 23.0 Å². The fraction of sp³-hybridized carbons (Fsp3) is 0.235. The molecule has 0 saturated heterocycles. The molecule has 0 saturated carbocycles. The second-order valence-electron chi connectivity index (χ2n) is 4.68. The lowest BCUT2D eigenvalue weighted by molar-refractivity contribution is -0.118. The molecule has 2 aromatic rings. The second-order valence-corrected chi connectivity index (χ2v) is 5.84. The Hall–Kier alpha value is -2.16.